The van der Waals surface area contributed by atoms with Crippen molar-refractivity contribution in [3.63, 3.8) is 0 Å². The highest BCUT2D eigenvalue weighted by Gasteiger charge is 2.43. The van der Waals surface area contributed by atoms with Crippen LogP contribution in [0.15, 0.2) is 30.3 Å². The van der Waals surface area contributed by atoms with E-state index in [1.807, 2.05) is 18.2 Å². The molecular formula is C12H19NOS2. The first-order valence-electron chi connectivity index (χ1n) is 5.26. The Balaban J connectivity index is 0.000000606. The molecule has 2 nitrogen and oxygen atoms in total. The lowest BCUT2D eigenvalue weighted by molar-refractivity contribution is 0.143. The maximum absolute atomic E-state index is 10.1. The van der Waals surface area contributed by atoms with Crippen molar-refractivity contribution in [1.82, 2.24) is 0 Å². The zero-order valence-corrected chi connectivity index (χ0v) is 11.5. The third kappa shape index (κ3) is 2.94. The van der Waals surface area contributed by atoms with Crippen LogP contribution in [0.1, 0.15) is 24.7 Å². The van der Waals surface area contributed by atoms with E-state index in [0.29, 0.717) is 0 Å². The fourth-order valence-electron chi connectivity index (χ4n) is 1.52. The first-order chi connectivity index (χ1) is 7.61. The Morgan fingerprint density at radius 1 is 1.19 bits per heavy atom. The predicted octanol–water partition coefficient (Wildman–Crippen LogP) is 2.84. The van der Waals surface area contributed by atoms with Crippen LogP contribution in [-0.2, 0) is 0 Å². The summed E-state index contributed by atoms with van der Waals surface area (Å²) in [5.74, 6) is 0. The van der Waals surface area contributed by atoms with Crippen LogP contribution >= 0.6 is 21.6 Å². The Bertz CT molecular complexity index is 316. The number of benzene rings is 1. The second-order valence-corrected chi connectivity index (χ2v) is 7.06. The van der Waals surface area contributed by atoms with Gasteiger partial charge >= 0.3 is 0 Å². The zero-order valence-electron chi connectivity index (χ0n) is 9.88. The van der Waals surface area contributed by atoms with Crippen molar-refractivity contribution >= 4 is 21.6 Å². The first-order valence-corrected chi connectivity index (χ1v) is 7.48. The topological polar surface area (TPSA) is 46.2 Å². The van der Waals surface area contributed by atoms with Gasteiger partial charge in [-0.15, -0.1) is 0 Å². The minimum absolute atomic E-state index is 0.0365. The van der Waals surface area contributed by atoms with Crippen molar-refractivity contribution in [3.8, 4) is 0 Å². The van der Waals surface area contributed by atoms with Crippen molar-refractivity contribution in [2.75, 3.05) is 7.05 Å². The normalized spacial score (nSPS) is 27.1. The molecule has 0 saturated carbocycles. The van der Waals surface area contributed by atoms with Crippen LogP contribution in [0.25, 0.3) is 0 Å². The van der Waals surface area contributed by atoms with Gasteiger partial charge < -0.3 is 10.8 Å². The molecular weight excluding hydrogens is 238 g/mol. The average molecular weight is 257 g/mol. The molecule has 0 radical (unpaired) electrons. The Kier molecular flexibility index (Phi) is 5.18. The van der Waals surface area contributed by atoms with E-state index in [0.717, 1.165) is 0 Å². The summed E-state index contributed by atoms with van der Waals surface area (Å²) in [4.78, 5) is 0. The van der Waals surface area contributed by atoms with Gasteiger partial charge in [-0.3, -0.25) is 0 Å². The molecule has 0 aliphatic carbocycles. The fraction of sp³-hybridized carbons (Fsp3) is 0.500. The van der Waals surface area contributed by atoms with Crippen molar-refractivity contribution in [2.24, 2.45) is 5.73 Å². The van der Waals surface area contributed by atoms with Gasteiger partial charge in [0.15, 0.2) is 0 Å². The van der Waals surface area contributed by atoms with E-state index in [-0.39, 0.29) is 16.1 Å². The molecule has 2 rings (SSSR count). The molecule has 0 amide bonds. The second-order valence-electron chi connectivity index (χ2n) is 4.06. The Morgan fingerprint density at radius 3 is 2.19 bits per heavy atom. The second kappa shape index (κ2) is 5.96. The lowest BCUT2D eigenvalue weighted by atomic mass is 9.98. The van der Waals surface area contributed by atoms with E-state index in [1.165, 1.54) is 12.6 Å². The molecule has 2 atom stereocenters. The summed E-state index contributed by atoms with van der Waals surface area (Å²) < 4.78 is -0.0365. The SMILES string of the molecule is CC1(C)SSC(c2ccccc2)C1O.CN. The maximum Gasteiger partial charge on any atom is 0.0857 e. The highest BCUT2D eigenvalue weighted by Crippen LogP contribution is 2.57. The molecule has 1 fully saturated rings. The van der Waals surface area contributed by atoms with Crippen LogP contribution in [0.4, 0.5) is 0 Å². The monoisotopic (exact) mass is 257 g/mol. The van der Waals surface area contributed by atoms with Gasteiger partial charge in [-0.1, -0.05) is 51.9 Å². The smallest absolute Gasteiger partial charge is 0.0857 e. The molecule has 16 heavy (non-hydrogen) atoms. The van der Waals surface area contributed by atoms with Gasteiger partial charge in [0.1, 0.15) is 0 Å². The van der Waals surface area contributed by atoms with Crippen LogP contribution in [0.5, 0.6) is 0 Å². The number of hydrogen-bond acceptors (Lipinski definition) is 4. The molecule has 1 aromatic carbocycles. The zero-order chi connectivity index (χ0) is 12.2. The Hall–Kier alpha value is -0.160. The van der Waals surface area contributed by atoms with Crippen LogP contribution in [-0.4, -0.2) is 23.0 Å². The van der Waals surface area contributed by atoms with Crippen molar-refractivity contribution in [1.29, 1.82) is 0 Å². The molecule has 90 valence electrons. The van der Waals surface area contributed by atoms with Gasteiger partial charge in [-0.25, -0.2) is 0 Å². The highest BCUT2D eigenvalue weighted by atomic mass is 33.1. The number of aliphatic hydroxyl groups excluding tert-OH is 1. The summed E-state index contributed by atoms with van der Waals surface area (Å²) in [6.07, 6.45) is -0.264. The summed E-state index contributed by atoms with van der Waals surface area (Å²) in [6.45, 7) is 4.19. The van der Waals surface area contributed by atoms with Crippen LogP contribution < -0.4 is 5.73 Å². The minimum atomic E-state index is -0.264. The molecule has 0 aromatic heterocycles. The van der Waals surface area contributed by atoms with E-state index < -0.39 is 0 Å². The number of aliphatic hydroxyl groups is 1. The molecule has 1 aromatic rings. The molecule has 1 aliphatic heterocycles. The molecule has 3 N–H and O–H groups in total. The van der Waals surface area contributed by atoms with Crippen molar-refractivity contribution in [2.45, 2.75) is 29.9 Å². The molecule has 4 heteroatoms. The molecule has 2 unspecified atom stereocenters. The van der Waals surface area contributed by atoms with Gasteiger partial charge in [-0.05, 0) is 26.5 Å². The van der Waals surface area contributed by atoms with Crippen molar-refractivity contribution in [3.05, 3.63) is 35.9 Å². The number of rotatable bonds is 1. The van der Waals surface area contributed by atoms with Gasteiger partial charge in [0.2, 0.25) is 0 Å². The third-order valence-electron chi connectivity index (χ3n) is 2.49. The fourth-order valence-corrected chi connectivity index (χ4v) is 4.91. The molecule has 1 aliphatic rings. The van der Waals surface area contributed by atoms with Gasteiger partial charge in [-0.2, -0.15) is 0 Å². The quantitative estimate of drug-likeness (QED) is 0.760. The summed E-state index contributed by atoms with van der Waals surface area (Å²) in [5, 5.41) is 10.3. The summed E-state index contributed by atoms with van der Waals surface area (Å²) >= 11 is 0. The summed E-state index contributed by atoms with van der Waals surface area (Å²) in [7, 11) is 5.05. The highest BCUT2D eigenvalue weighted by molar-refractivity contribution is 8.77. The molecule has 0 spiro atoms. The van der Waals surface area contributed by atoms with E-state index in [9.17, 15) is 5.11 Å². The summed E-state index contributed by atoms with van der Waals surface area (Å²) in [5.41, 5.74) is 5.73. The van der Waals surface area contributed by atoms with E-state index in [4.69, 9.17) is 0 Å². The minimum Gasteiger partial charge on any atom is -0.390 e. The van der Waals surface area contributed by atoms with E-state index in [2.05, 4.69) is 31.7 Å². The summed E-state index contributed by atoms with van der Waals surface area (Å²) in [6, 6.07) is 10.2. The lowest BCUT2D eigenvalue weighted by Gasteiger charge is -2.22. The van der Waals surface area contributed by atoms with Crippen molar-refractivity contribution < 1.29 is 5.11 Å². The standard InChI is InChI=1S/C11H14OS2.CH5N/c1-11(2)10(12)9(13-14-11)8-6-4-3-5-7-8;1-2/h3-7,9-10,12H,1-2H3;2H2,1H3. The average Bonchev–Trinajstić information content (AvgIpc) is 2.58. The number of hydrogen-bond donors (Lipinski definition) is 2. The van der Waals surface area contributed by atoms with Gasteiger partial charge in [0, 0.05) is 4.75 Å². The lowest BCUT2D eigenvalue weighted by Crippen LogP contribution is -2.31. The Labute approximate surface area is 105 Å². The Morgan fingerprint density at radius 2 is 1.75 bits per heavy atom. The predicted molar refractivity (Wildman–Crippen MR) is 74.6 cm³/mol. The molecule has 0 bridgehead atoms. The molecule has 1 heterocycles. The number of nitrogens with two attached hydrogens (primary N) is 1. The van der Waals surface area contributed by atoms with Gasteiger partial charge in [0.05, 0.1) is 11.4 Å². The maximum atomic E-state index is 10.1. The molecule has 1 saturated heterocycles. The third-order valence-corrected chi connectivity index (χ3v) is 6.20. The first kappa shape index (κ1) is 13.9. The van der Waals surface area contributed by atoms with E-state index >= 15 is 0 Å². The van der Waals surface area contributed by atoms with Crippen LogP contribution in [0.2, 0.25) is 0 Å². The largest absolute Gasteiger partial charge is 0.390 e. The van der Waals surface area contributed by atoms with E-state index in [1.54, 1.807) is 21.6 Å². The van der Waals surface area contributed by atoms with Crippen LogP contribution in [0.3, 0.4) is 0 Å². The van der Waals surface area contributed by atoms with Crippen LogP contribution in [0, 0.1) is 0 Å². The van der Waals surface area contributed by atoms with Gasteiger partial charge in [0.25, 0.3) is 0 Å².